The van der Waals surface area contributed by atoms with Gasteiger partial charge < -0.3 is 15.9 Å². The summed E-state index contributed by atoms with van der Waals surface area (Å²) in [6.45, 7) is 3.61. The van der Waals surface area contributed by atoms with Crippen molar-refractivity contribution in [3.8, 4) is 5.75 Å². The monoisotopic (exact) mass is 265 g/mol. The van der Waals surface area contributed by atoms with E-state index in [2.05, 4.69) is 0 Å². The quantitative estimate of drug-likeness (QED) is 0.787. The van der Waals surface area contributed by atoms with Gasteiger partial charge in [-0.1, -0.05) is 25.4 Å². The summed E-state index contributed by atoms with van der Waals surface area (Å²) < 4.78 is 0. The predicted octanol–water partition coefficient (Wildman–Crippen LogP) is 2.49. The molecular formula is C11H17Cl2NO2. The van der Waals surface area contributed by atoms with Crippen LogP contribution in [0, 0.1) is 5.41 Å². The minimum Gasteiger partial charge on any atom is -0.508 e. The molecule has 0 aliphatic carbocycles. The second-order valence-corrected chi connectivity index (χ2v) is 4.76. The van der Waals surface area contributed by atoms with E-state index in [-0.39, 0.29) is 24.8 Å². The van der Waals surface area contributed by atoms with Gasteiger partial charge in [0.2, 0.25) is 0 Å². The molecule has 1 rings (SSSR count). The molecule has 16 heavy (non-hydrogen) atoms. The van der Waals surface area contributed by atoms with Crippen LogP contribution in [-0.4, -0.2) is 16.8 Å². The van der Waals surface area contributed by atoms with Gasteiger partial charge in [0.05, 0.1) is 0 Å². The first-order valence-corrected chi connectivity index (χ1v) is 5.11. The van der Waals surface area contributed by atoms with Gasteiger partial charge in [0.1, 0.15) is 5.75 Å². The summed E-state index contributed by atoms with van der Waals surface area (Å²) in [6, 6.07) is 4.27. The average molecular weight is 266 g/mol. The topological polar surface area (TPSA) is 66.5 Å². The summed E-state index contributed by atoms with van der Waals surface area (Å²) in [7, 11) is 0. The van der Waals surface area contributed by atoms with Crippen LogP contribution in [0.2, 0.25) is 5.02 Å². The largest absolute Gasteiger partial charge is 0.508 e. The van der Waals surface area contributed by atoms with E-state index >= 15 is 0 Å². The number of phenolic OH excluding ortho intramolecular Hbond substituents is 1. The van der Waals surface area contributed by atoms with Crippen LogP contribution in [0.1, 0.15) is 25.5 Å². The number of benzene rings is 1. The lowest BCUT2D eigenvalue weighted by atomic mass is 9.81. The van der Waals surface area contributed by atoms with Crippen molar-refractivity contribution >= 4 is 24.0 Å². The Labute approximate surface area is 107 Å². The minimum absolute atomic E-state index is 0. The molecule has 0 bridgehead atoms. The fourth-order valence-corrected chi connectivity index (χ4v) is 1.47. The van der Waals surface area contributed by atoms with Crippen LogP contribution in [0.5, 0.6) is 5.75 Å². The van der Waals surface area contributed by atoms with Crippen LogP contribution in [0.3, 0.4) is 0 Å². The molecule has 0 aromatic heterocycles. The Kier molecular flexibility index (Phi) is 5.56. The van der Waals surface area contributed by atoms with Crippen molar-refractivity contribution in [3.05, 3.63) is 28.8 Å². The van der Waals surface area contributed by atoms with E-state index in [1.807, 2.05) is 13.8 Å². The number of hydrogen-bond acceptors (Lipinski definition) is 3. The van der Waals surface area contributed by atoms with Crippen LogP contribution in [-0.2, 0) is 0 Å². The molecule has 0 aliphatic heterocycles. The SMILES string of the molecule is CC(C)(CO)[C@H](N)c1cc(Cl)ccc1O.Cl. The van der Waals surface area contributed by atoms with E-state index < -0.39 is 11.5 Å². The third-order valence-corrected chi connectivity index (χ3v) is 2.81. The Bertz CT molecular complexity index is 356. The van der Waals surface area contributed by atoms with Gasteiger partial charge in [-0.15, -0.1) is 12.4 Å². The van der Waals surface area contributed by atoms with Crippen molar-refractivity contribution in [1.82, 2.24) is 0 Å². The number of aromatic hydroxyl groups is 1. The molecule has 0 radical (unpaired) electrons. The zero-order valence-electron chi connectivity index (χ0n) is 9.27. The molecule has 3 nitrogen and oxygen atoms in total. The number of rotatable bonds is 3. The molecule has 0 aliphatic rings. The molecule has 5 heteroatoms. The number of phenols is 1. The van der Waals surface area contributed by atoms with E-state index in [9.17, 15) is 10.2 Å². The molecular weight excluding hydrogens is 249 g/mol. The number of hydrogen-bond donors (Lipinski definition) is 3. The van der Waals surface area contributed by atoms with Gasteiger partial charge in [0, 0.05) is 28.6 Å². The lowest BCUT2D eigenvalue weighted by Crippen LogP contribution is -2.32. The second-order valence-electron chi connectivity index (χ2n) is 4.33. The second kappa shape index (κ2) is 5.73. The predicted molar refractivity (Wildman–Crippen MR) is 68.2 cm³/mol. The highest BCUT2D eigenvalue weighted by Crippen LogP contribution is 2.36. The normalized spacial score (nSPS) is 13.1. The van der Waals surface area contributed by atoms with Gasteiger partial charge in [-0.2, -0.15) is 0 Å². The Morgan fingerprint density at radius 2 is 2.00 bits per heavy atom. The Morgan fingerprint density at radius 1 is 1.44 bits per heavy atom. The van der Waals surface area contributed by atoms with Gasteiger partial charge in [-0.3, -0.25) is 0 Å². The molecule has 4 N–H and O–H groups in total. The fourth-order valence-electron chi connectivity index (χ4n) is 1.29. The highest BCUT2D eigenvalue weighted by atomic mass is 35.5. The summed E-state index contributed by atoms with van der Waals surface area (Å²) in [5.41, 5.74) is 6.03. The van der Waals surface area contributed by atoms with Crippen molar-refractivity contribution < 1.29 is 10.2 Å². The highest BCUT2D eigenvalue weighted by Gasteiger charge is 2.28. The Hall–Kier alpha value is -0.480. The van der Waals surface area contributed by atoms with Crippen molar-refractivity contribution in [2.24, 2.45) is 11.1 Å². The summed E-state index contributed by atoms with van der Waals surface area (Å²) >= 11 is 5.83. The molecule has 0 saturated heterocycles. The fraction of sp³-hybridized carbons (Fsp3) is 0.455. The first-order chi connectivity index (χ1) is 6.88. The molecule has 92 valence electrons. The molecule has 0 spiro atoms. The van der Waals surface area contributed by atoms with E-state index in [1.165, 1.54) is 6.07 Å². The zero-order chi connectivity index (χ0) is 11.6. The molecule has 1 aromatic rings. The van der Waals surface area contributed by atoms with Crippen LogP contribution in [0.25, 0.3) is 0 Å². The molecule has 0 fully saturated rings. The lowest BCUT2D eigenvalue weighted by Gasteiger charge is -2.30. The maximum atomic E-state index is 9.64. The number of aliphatic hydroxyl groups excluding tert-OH is 1. The number of halogens is 2. The average Bonchev–Trinajstić information content (AvgIpc) is 2.20. The van der Waals surface area contributed by atoms with Crippen LogP contribution in [0.15, 0.2) is 18.2 Å². The molecule has 0 unspecified atom stereocenters. The molecule has 1 atom stereocenters. The van der Waals surface area contributed by atoms with Gasteiger partial charge in [-0.05, 0) is 18.2 Å². The van der Waals surface area contributed by atoms with Gasteiger partial charge in [0.25, 0.3) is 0 Å². The van der Waals surface area contributed by atoms with E-state index in [1.54, 1.807) is 12.1 Å². The highest BCUT2D eigenvalue weighted by molar-refractivity contribution is 6.30. The zero-order valence-corrected chi connectivity index (χ0v) is 10.8. The van der Waals surface area contributed by atoms with E-state index in [0.717, 1.165) is 0 Å². The molecule has 1 aromatic carbocycles. The van der Waals surface area contributed by atoms with Crippen LogP contribution in [0.4, 0.5) is 0 Å². The Balaban J connectivity index is 0.00000225. The van der Waals surface area contributed by atoms with Crippen molar-refractivity contribution in [1.29, 1.82) is 0 Å². The number of aliphatic hydroxyl groups is 1. The van der Waals surface area contributed by atoms with Crippen molar-refractivity contribution in [2.45, 2.75) is 19.9 Å². The summed E-state index contributed by atoms with van der Waals surface area (Å²) in [5.74, 6) is 0.105. The molecule has 0 amide bonds. The summed E-state index contributed by atoms with van der Waals surface area (Å²) in [6.07, 6.45) is 0. The maximum Gasteiger partial charge on any atom is 0.120 e. The molecule has 0 saturated carbocycles. The third-order valence-electron chi connectivity index (χ3n) is 2.57. The summed E-state index contributed by atoms with van der Waals surface area (Å²) in [5, 5.41) is 19.4. The van der Waals surface area contributed by atoms with E-state index in [4.69, 9.17) is 17.3 Å². The van der Waals surface area contributed by atoms with E-state index in [0.29, 0.717) is 10.6 Å². The van der Waals surface area contributed by atoms with Gasteiger partial charge >= 0.3 is 0 Å². The lowest BCUT2D eigenvalue weighted by molar-refractivity contribution is 0.131. The van der Waals surface area contributed by atoms with Crippen LogP contribution >= 0.6 is 24.0 Å². The standard InChI is InChI=1S/C11H16ClNO2.ClH/c1-11(2,6-14)10(13)8-5-7(12)3-4-9(8)15;/h3-5,10,14-15H,6,13H2,1-2H3;1H/t10-;/m1./s1. The maximum absolute atomic E-state index is 9.64. The first kappa shape index (κ1) is 15.5. The van der Waals surface area contributed by atoms with Gasteiger partial charge in [0.15, 0.2) is 0 Å². The third kappa shape index (κ3) is 3.25. The minimum atomic E-state index is -0.498. The van der Waals surface area contributed by atoms with Crippen molar-refractivity contribution in [2.75, 3.05) is 6.61 Å². The first-order valence-electron chi connectivity index (χ1n) is 4.73. The summed E-state index contributed by atoms with van der Waals surface area (Å²) in [4.78, 5) is 0. The van der Waals surface area contributed by atoms with Crippen molar-refractivity contribution in [3.63, 3.8) is 0 Å². The number of nitrogens with two attached hydrogens (primary N) is 1. The van der Waals surface area contributed by atoms with Gasteiger partial charge in [-0.25, -0.2) is 0 Å². The van der Waals surface area contributed by atoms with Crippen LogP contribution < -0.4 is 5.73 Å². The smallest absolute Gasteiger partial charge is 0.120 e. The Morgan fingerprint density at radius 3 is 2.50 bits per heavy atom. The molecule has 0 heterocycles.